The summed E-state index contributed by atoms with van der Waals surface area (Å²) < 4.78 is 33.4. The zero-order valence-electron chi connectivity index (χ0n) is 17.1. The van der Waals surface area contributed by atoms with Crippen LogP contribution in [0.2, 0.25) is 10.0 Å². The van der Waals surface area contributed by atoms with Gasteiger partial charge in [0.05, 0.1) is 16.1 Å². The van der Waals surface area contributed by atoms with E-state index in [1.807, 2.05) is 38.1 Å². The summed E-state index contributed by atoms with van der Waals surface area (Å²) in [7, 11) is -3.78. The Hall–Kier alpha value is -1.97. The first-order chi connectivity index (χ1) is 14.8. The Morgan fingerprint density at radius 2 is 1.58 bits per heavy atom. The molecule has 4 rings (SSSR count). The van der Waals surface area contributed by atoms with E-state index in [2.05, 4.69) is 15.1 Å². The lowest BCUT2D eigenvalue weighted by molar-refractivity contribution is 0.129. The molecule has 0 spiro atoms. The van der Waals surface area contributed by atoms with E-state index in [4.69, 9.17) is 27.6 Å². The summed E-state index contributed by atoms with van der Waals surface area (Å²) in [5.41, 5.74) is 2.02. The molecule has 0 aliphatic carbocycles. The Labute approximate surface area is 191 Å². The highest BCUT2D eigenvalue weighted by Crippen LogP contribution is 2.32. The van der Waals surface area contributed by atoms with Crippen molar-refractivity contribution in [3.05, 3.63) is 64.0 Å². The number of hydrogen-bond donors (Lipinski definition) is 0. The zero-order valence-corrected chi connectivity index (χ0v) is 19.5. The van der Waals surface area contributed by atoms with E-state index < -0.39 is 10.0 Å². The first kappa shape index (κ1) is 22.2. The zero-order chi connectivity index (χ0) is 22.2. The third-order valence-electron chi connectivity index (χ3n) is 5.43. The van der Waals surface area contributed by atoms with Crippen molar-refractivity contribution in [2.45, 2.75) is 24.8 Å². The van der Waals surface area contributed by atoms with Crippen molar-refractivity contribution < 1.29 is 12.8 Å². The fourth-order valence-electron chi connectivity index (χ4n) is 3.56. The Bertz CT molecular complexity index is 1150. The van der Waals surface area contributed by atoms with E-state index in [-0.39, 0.29) is 21.0 Å². The minimum absolute atomic E-state index is 0.0422. The smallest absolute Gasteiger partial charge is 0.247 e. The van der Waals surface area contributed by atoms with Crippen LogP contribution in [0.1, 0.15) is 24.4 Å². The van der Waals surface area contributed by atoms with E-state index >= 15 is 0 Å². The molecule has 164 valence electrons. The van der Waals surface area contributed by atoms with Crippen LogP contribution in [0, 0.1) is 6.92 Å². The quantitative estimate of drug-likeness (QED) is 0.537. The highest BCUT2D eigenvalue weighted by Gasteiger charge is 2.34. The lowest BCUT2D eigenvalue weighted by atomic mass is 10.1. The second-order valence-electron chi connectivity index (χ2n) is 7.48. The molecule has 2 aromatic carbocycles. The number of benzene rings is 2. The fourth-order valence-corrected chi connectivity index (χ4v) is 6.08. The molecule has 3 aromatic rings. The highest BCUT2D eigenvalue weighted by molar-refractivity contribution is 7.89. The normalized spacial score (nSPS) is 17.0. The summed E-state index contributed by atoms with van der Waals surface area (Å²) >= 11 is 12.3. The maximum Gasteiger partial charge on any atom is 0.247 e. The molecular formula is C21H22Cl2N4O3S. The highest BCUT2D eigenvalue weighted by atomic mass is 35.5. The summed E-state index contributed by atoms with van der Waals surface area (Å²) in [5.74, 6) is 0.970. The Morgan fingerprint density at radius 1 is 0.968 bits per heavy atom. The van der Waals surface area contributed by atoms with Crippen molar-refractivity contribution in [1.82, 2.24) is 19.4 Å². The number of hydrogen-bond acceptors (Lipinski definition) is 6. The van der Waals surface area contributed by atoms with Gasteiger partial charge in [-0.2, -0.15) is 4.31 Å². The molecule has 0 bridgehead atoms. The van der Waals surface area contributed by atoms with Gasteiger partial charge in [0.2, 0.25) is 21.8 Å². The lowest BCUT2D eigenvalue weighted by Gasteiger charge is -2.36. The summed E-state index contributed by atoms with van der Waals surface area (Å²) in [6.45, 7) is 5.65. The Balaban J connectivity index is 1.45. The monoisotopic (exact) mass is 480 g/mol. The Morgan fingerprint density at radius 3 is 2.19 bits per heavy atom. The van der Waals surface area contributed by atoms with E-state index in [0.29, 0.717) is 38.0 Å². The number of rotatable bonds is 5. The maximum absolute atomic E-state index is 13.1. The van der Waals surface area contributed by atoms with Gasteiger partial charge >= 0.3 is 0 Å². The number of aryl methyl sites for hydroxylation is 1. The molecule has 1 aromatic heterocycles. The number of nitrogens with zero attached hydrogens (tertiary/aromatic N) is 4. The van der Waals surface area contributed by atoms with Gasteiger partial charge in [0.1, 0.15) is 4.90 Å². The molecule has 0 saturated carbocycles. The molecule has 31 heavy (non-hydrogen) atoms. The summed E-state index contributed by atoms with van der Waals surface area (Å²) in [4.78, 5) is 2.08. The summed E-state index contributed by atoms with van der Waals surface area (Å²) in [6.07, 6.45) is 0. The van der Waals surface area contributed by atoms with E-state index in [9.17, 15) is 8.42 Å². The van der Waals surface area contributed by atoms with Crippen molar-refractivity contribution in [1.29, 1.82) is 0 Å². The topological polar surface area (TPSA) is 79.5 Å². The molecule has 10 heteroatoms. The summed E-state index contributed by atoms with van der Waals surface area (Å²) in [6, 6.07) is 12.4. The Kier molecular flexibility index (Phi) is 6.37. The van der Waals surface area contributed by atoms with E-state index in [0.717, 1.165) is 11.1 Å². The average Bonchev–Trinajstić information content (AvgIpc) is 3.24. The number of piperazine rings is 1. The van der Waals surface area contributed by atoms with Gasteiger partial charge < -0.3 is 4.42 Å². The number of sulfonamides is 1. The molecule has 1 aliphatic heterocycles. The second kappa shape index (κ2) is 8.88. The van der Waals surface area contributed by atoms with Crippen LogP contribution in [0.3, 0.4) is 0 Å². The third kappa shape index (κ3) is 4.49. The number of aromatic nitrogens is 2. The van der Waals surface area contributed by atoms with Crippen LogP contribution in [0.15, 0.2) is 51.8 Å². The van der Waals surface area contributed by atoms with Crippen LogP contribution in [0.4, 0.5) is 0 Å². The predicted molar refractivity (Wildman–Crippen MR) is 120 cm³/mol. The molecule has 1 fully saturated rings. The molecule has 1 unspecified atom stereocenters. The number of halogens is 2. The molecule has 0 radical (unpaired) electrons. The molecule has 1 aliphatic rings. The van der Waals surface area contributed by atoms with Gasteiger partial charge in [-0.1, -0.05) is 47.0 Å². The average molecular weight is 481 g/mol. The molecule has 0 N–H and O–H groups in total. The predicted octanol–water partition coefficient (Wildman–Crippen LogP) is 4.42. The van der Waals surface area contributed by atoms with Crippen LogP contribution in [0.5, 0.6) is 0 Å². The molecule has 2 heterocycles. The molecular weight excluding hydrogens is 459 g/mol. The first-order valence-electron chi connectivity index (χ1n) is 9.86. The van der Waals surface area contributed by atoms with Gasteiger partial charge in [-0.05, 0) is 38.1 Å². The summed E-state index contributed by atoms with van der Waals surface area (Å²) in [5, 5.41) is 8.62. The van der Waals surface area contributed by atoms with Gasteiger partial charge in [0.25, 0.3) is 0 Å². The van der Waals surface area contributed by atoms with Crippen molar-refractivity contribution in [3.8, 4) is 11.5 Å². The van der Waals surface area contributed by atoms with Crippen LogP contribution in [-0.4, -0.2) is 54.0 Å². The first-order valence-corrected chi connectivity index (χ1v) is 12.1. The maximum atomic E-state index is 13.1. The standard InChI is InChI=1S/C21H22Cl2N4O3S/c1-14-6-8-16(9-7-14)21-25-24-20(30-21)15(2)26-10-12-27(13-11-26)31(28,29)19-17(22)4-3-5-18(19)23/h3-9,15H,10-13H2,1-2H3. The lowest BCUT2D eigenvalue weighted by Crippen LogP contribution is -2.49. The van der Waals surface area contributed by atoms with Crippen LogP contribution >= 0.6 is 23.2 Å². The SMILES string of the molecule is Cc1ccc(-c2nnc(C(C)N3CCN(S(=O)(=O)c4c(Cl)cccc4Cl)CC3)o2)cc1. The minimum Gasteiger partial charge on any atom is -0.419 e. The largest absolute Gasteiger partial charge is 0.419 e. The molecule has 1 atom stereocenters. The van der Waals surface area contributed by atoms with Crippen molar-refractivity contribution in [2.75, 3.05) is 26.2 Å². The van der Waals surface area contributed by atoms with Crippen LogP contribution in [0.25, 0.3) is 11.5 Å². The van der Waals surface area contributed by atoms with E-state index in [1.165, 1.54) is 16.4 Å². The van der Waals surface area contributed by atoms with E-state index in [1.54, 1.807) is 6.07 Å². The van der Waals surface area contributed by atoms with Gasteiger partial charge in [-0.25, -0.2) is 8.42 Å². The van der Waals surface area contributed by atoms with Gasteiger partial charge in [-0.15, -0.1) is 10.2 Å². The van der Waals surface area contributed by atoms with Crippen molar-refractivity contribution >= 4 is 33.2 Å². The van der Waals surface area contributed by atoms with Gasteiger partial charge in [0.15, 0.2) is 0 Å². The van der Waals surface area contributed by atoms with Gasteiger partial charge in [-0.3, -0.25) is 4.90 Å². The third-order valence-corrected chi connectivity index (χ3v) is 8.29. The second-order valence-corrected chi connectivity index (χ2v) is 10.2. The minimum atomic E-state index is -3.78. The van der Waals surface area contributed by atoms with Crippen molar-refractivity contribution in [2.24, 2.45) is 0 Å². The van der Waals surface area contributed by atoms with Crippen molar-refractivity contribution in [3.63, 3.8) is 0 Å². The fraction of sp³-hybridized carbons (Fsp3) is 0.333. The van der Waals surface area contributed by atoms with Crippen LogP contribution < -0.4 is 0 Å². The molecule has 1 saturated heterocycles. The van der Waals surface area contributed by atoms with Gasteiger partial charge in [0, 0.05) is 31.7 Å². The molecule has 7 nitrogen and oxygen atoms in total. The van der Waals surface area contributed by atoms with Crippen LogP contribution in [-0.2, 0) is 10.0 Å². The molecule has 0 amide bonds.